The lowest BCUT2D eigenvalue weighted by atomic mass is 10.0. The van der Waals surface area contributed by atoms with Crippen molar-refractivity contribution in [2.45, 2.75) is 25.5 Å². The number of non-ortho nitro benzene ring substituents is 1. The summed E-state index contributed by atoms with van der Waals surface area (Å²) in [6, 6.07) is 5.99. The molecule has 21 heavy (non-hydrogen) atoms. The third kappa shape index (κ3) is 2.37. The number of rotatable bonds is 4. The van der Waals surface area contributed by atoms with Crippen LogP contribution in [0.3, 0.4) is 0 Å². The van der Waals surface area contributed by atoms with Crippen molar-refractivity contribution < 1.29 is 19.2 Å². The Morgan fingerprint density at radius 2 is 2.29 bits per heavy atom. The molecule has 0 aromatic heterocycles. The first kappa shape index (κ1) is 13.3. The van der Waals surface area contributed by atoms with Gasteiger partial charge >= 0.3 is 5.97 Å². The van der Waals surface area contributed by atoms with Crippen LogP contribution in [0, 0.1) is 10.1 Å². The van der Waals surface area contributed by atoms with E-state index >= 15 is 0 Å². The number of fused-ring (bicyclic) bond motifs is 1. The van der Waals surface area contributed by atoms with Gasteiger partial charge in [-0.1, -0.05) is 18.2 Å². The molecule has 0 radical (unpaired) electrons. The number of hydrogen-bond acceptors (Lipinski definition) is 5. The monoisotopic (exact) mass is 288 g/mol. The van der Waals surface area contributed by atoms with Crippen LogP contribution in [-0.2, 0) is 20.9 Å². The second-order valence-corrected chi connectivity index (χ2v) is 4.95. The summed E-state index contributed by atoms with van der Waals surface area (Å²) in [5, 5.41) is 10.7. The van der Waals surface area contributed by atoms with Crippen LogP contribution < -0.4 is 0 Å². The summed E-state index contributed by atoms with van der Waals surface area (Å²) in [5.41, 5.74) is 0.755. The predicted octanol–water partition coefficient (Wildman–Crippen LogP) is 1.53. The Hall–Kier alpha value is -2.70. The van der Waals surface area contributed by atoms with Crippen molar-refractivity contribution in [1.29, 1.82) is 0 Å². The first-order chi connectivity index (χ1) is 10.1. The highest BCUT2D eigenvalue weighted by Gasteiger charge is 2.44. The van der Waals surface area contributed by atoms with Gasteiger partial charge in [-0.25, -0.2) is 4.79 Å². The maximum absolute atomic E-state index is 12.0. The van der Waals surface area contributed by atoms with E-state index in [2.05, 4.69) is 0 Å². The van der Waals surface area contributed by atoms with Gasteiger partial charge in [0.25, 0.3) is 5.69 Å². The molecular weight excluding hydrogens is 276 g/mol. The van der Waals surface area contributed by atoms with Crippen LogP contribution in [0.2, 0.25) is 0 Å². The highest BCUT2D eigenvalue weighted by molar-refractivity contribution is 5.98. The molecule has 0 N–H and O–H groups in total. The number of hydrogen-bond donors (Lipinski definition) is 0. The van der Waals surface area contributed by atoms with E-state index in [-0.39, 0.29) is 29.9 Å². The first-order valence-electron chi connectivity index (χ1n) is 6.49. The first-order valence-corrected chi connectivity index (χ1v) is 6.49. The summed E-state index contributed by atoms with van der Waals surface area (Å²) in [7, 11) is 0. The molecule has 0 saturated carbocycles. The van der Waals surface area contributed by atoms with E-state index in [0.717, 1.165) is 0 Å². The smallest absolute Gasteiger partial charge is 0.355 e. The van der Waals surface area contributed by atoms with Crippen LogP contribution in [0.1, 0.15) is 18.4 Å². The molecule has 1 amide bonds. The van der Waals surface area contributed by atoms with Gasteiger partial charge in [0.05, 0.1) is 4.92 Å². The Labute approximate surface area is 119 Å². The molecule has 2 heterocycles. The summed E-state index contributed by atoms with van der Waals surface area (Å²) >= 11 is 0. The molecule has 0 spiro atoms. The molecule has 0 aliphatic carbocycles. The summed E-state index contributed by atoms with van der Waals surface area (Å²) in [6.45, 7) is -0.0649. The lowest BCUT2D eigenvalue weighted by Crippen LogP contribution is -2.49. The molecule has 1 aromatic carbocycles. The second-order valence-electron chi connectivity index (χ2n) is 4.95. The molecule has 0 bridgehead atoms. The zero-order valence-electron chi connectivity index (χ0n) is 11.0. The molecule has 1 unspecified atom stereocenters. The van der Waals surface area contributed by atoms with Crippen molar-refractivity contribution >= 4 is 17.6 Å². The minimum absolute atomic E-state index is 0.0541. The molecule has 1 fully saturated rings. The van der Waals surface area contributed by atoms with Gasteiger partial charge in [0, 0.05) is 24.6 Å². The number of carbonyl (C=O) groups is 2. The molecule has 1 atom stereocenters. The molecule has 7 heteroatoms. The van der Waals surface area contributed by atoms with Gasteiger partial charge in [-0.15, -0.1) is 0 Å². The quantitative estimate of drug-likeness (QED) is 0.363. The lowest BCUT2D eigenvalue weighted by molar-refractivity contribution is -0.384. The third-order valence-electron chi connectivity index (χ3n) is 3.59. The third-order valence-corrected chi connectivity index (χ3v) is 3.59. The van der Waals surface area contributed by atoms with E-state index < -0.39 is 10.9 Å². The zero-order chi connectivity index (χ0) is 15.0. The van der Waals surface area contributed by atoms with Crippen molar-refractivity contribution in [1.82, 2.24) is 4.90 Å². The molecule has 108 valence electrons. The molecule has 1 saturated heterocycles. The summed E-state index contributed by atoms with van der Waals surface area (Å²) in [5.74, 6) is -0.645. The van der Waals surface area contributed by atoms with Gasteiger partial charge in [0.1, 0.15) is 12.3 Å². The van der Waals surface area contributed by atoms with Crippen molar-refractivity contribution in [2.24, 2.45) is 0 Å². The van der Waals surface area contributed by atoms with Gasteiger partial charge in [-0.05, 0) is 12.0 Å². The Balaban J connectivity index is 1.63. The van der Waals surface area contributed by atoms with Crippen molar-refractivity contribution in [2.75, 3.05) is 0 Å². The Kier molecular flexibility index (Phi) is 3.17. The minimum atomic E-state index is -0.572. The minimum Gasteiger partial charge on any atom is -0.456 e. The highest BCUT2D eigenvalue weighted by Crippen LogP contribution is 2.34. The van der Waals surface area contributed by atoms with Gasteiger partial charge < -0.3 is 9.64 Å². The number of benzene rings is 1. The van der Waals surface area contributed by atoms with Crippen molar-refractivity contribution in [3.8, 4) is 0 Å². The van der Waals surface area contributed by atoms with Crippen molar-refractivity contribution in [3.63, 3.8) is 0 Å². The SMILES string of the molecule is O=C(OCc1cccc([N+](=O)[O-])c1)C1=CCC2CC(=O)N12. The number of esters is 1. The van der Waals surface area contributed by atoms with E-state index in [1.165, 1.54) is 23.1 Å². The van der Waals surface area contributed by atoms with Gasteiger partial charge in [-0.3, -0.25) is 14.9 Å². The largest absolute Gasteiger partial charge is 0.456 e. The van der Waals surface area contributed by atoms with E-state index in [1.54, 1.807) is 12.1 Å². The molecule has 2 aliphatic rings. The summed E-state index contributed by atoms with van der Waals surface area (Å²) < 4.78 is 5.12. The van der Waals surface area contributed by atoms with Crippen LogP contribution in [0.4, 0.5) is 5.69 Å². The normalized spacial score (nSPS) is 19.6. The second kappa shape index (κ2) is 5.01. The van der Waals surface area contributed by atoms with E-state index in [9.17, 15) is 19.7 Å². The number of amides is 1. The predicted molar refractivity (Wildman–Crippen MR) is 70.8 cm³/mol. The van der Waals surface area contributed by atoms with Crippen LogP contribution >= 0.6 is 0 Å². The number of β-lactam (4-membered cyclic amide) rings is 1. The molecule has 1 aromatic rings. The van der Waals surface area contributed by atoms with E-state index in [1.807, 2.05) is 0 Å². The molecule has 7 nitrogen and oxygen atoms in total. The zero-order valence-corrected chi connectivity index (χ0v) is 11.0. The number of ether oxygens (including phenoxy) is 1. The number of nitro groups is 1. The van der Waals surface area contributed by atoms with Crippen LogP contribution in [0.15, 0.2) is 36.0 Å². The van der Waals surface area contributed by atoms with Crippen LogP contribution in [0.5, 0.6) is 0 Å². The maximum Gasteiger partial charge on any atom is 0.355 e. The average molecular weight is 288 g/mol. The van der Waals surface area contributed by atoms with Crippen LogP contribution in [-0.4, -0.2) is 27.7 Å². The summed E-state index contributed by atoms with van der Waals surface area (Å²) in [6.07, 6.45) is 2.84. The Morgan fingerprint density at radius 3 is 3.00 bits per heavy atom. The summed E-state index contributed by atoms with van der Waals surface area (Å²) in [4.78, 5) is 35.0. The topological polar surface area (TPSA) is 89.7 Å². The van der Waals surface area contributed by atoms with E-state index in [4.69, 9.17) is 4.74 Å². The van der Waals surface area contributed by atoms with E-state index in [0.29, 0.717) is 18.4 Å². The molecular formula is C14H12N2O5. The maximum atomic E-state index is 12.0. The molecule has 3 rings (SSSR count). The van der Waals surface area contributed by atoms with Crippen molar-refractivity contribution in [3.05, 3.63) is 51.7 Å². The lowest BCUT2D eigenvalue weighted by Gasteiger charge is -2.35. The van der Waals surface area contributed by atoms with Gasteiger partial charge in [0.2, 0.25) is 5.91 Å². The number of nitro benzene ring substituents is 1. The standard InChI is InChI=1S/C14H12N2O5/c17-13-7-10-4-5-12(15(10)13)14(18)21-8-9-2-1-3-11(6-9)16(19)20/h1-3,5-6,10H,4,7-8H2. The number of carbonyl (C=O) groups excluding carboxylic acids is 2. The fraction of sp³-hybridized carbons (Fsp3) is 0.286. The van der Waals surface area contributed by atoms with Gasteiger partial charge in [0.15, 0.2) is 0 Å². The van der Waals surface area contributed by atoms with Crippen LogP contribution in [0.25, 0.3) is 0 Å². The fourth-order valence-corrected chi connectivity index (χ4v) is 2.51. The number of nitrogens with zero attached hydrogens (tertiary/aromatic N) is 2. The molecule has 2 aliphatic heterocycles. The highest BCUT2D eigenvalue weighted by atomic mass is 16.6. The van der Waals surface area contributed by atoms with Gasteiger partial charge in [-0.2, -0.15) is 0 Å². The average Bonchev–Trinajstić information content (AvgIpc) is 2.82. The Morgan fingerprint density at radius 1 is 1.48 bits per heavy atom. The Bertz CT molecular complexity index is 667. The fourth-order valence-electron chi connectivity index (χ4n) is 2.51.